The van der Waals surface area contributed by atoms with Gasteiger partial charge < -0.3 is 12.4 Å². The zero-order chi connectivity index (χ0) is 13.9. The number of rotatable bonds is 3. The minimum Gasteiger partial charge on any atom is -1.00 e. The first-order chi connectivity index (χ1) is 9.74. The molecule has 0 aliphatic heterocycles. The van der Waals surface area contributed by atoms with Gasteiger partial charge in [-0.1, -0.05) is 66.2 Å². The maximum Gasteiger partial charge on any atom is 2.00 e. The fraction of sp³-hybridized carbons (Fsp3) is 0.0526. The third-order valence-corrected chi connectivity index (χ3v) is 4.20. The monoisotopic (exact) mass is 374 g/mol. The first-order valence-corrected chi connectivity index (χ1v) is 7.38. The topological polar surface area (TPSA) is 0 Å². The third-order valence-electron chi connectivity index (χ3n) is 3.35. The van der Waals surface area contributed by atoms with Gasteiger partial charge in [0, 0.05) is 0 Å². The first-order valence-electron chi connectivity index (χ1n) is 6.57. The van der Waals surface area contributed by atoms with Crippen molar-refractivity contribution in [2.75, 3.05) is 0 Å². The molecule has 0 nitrogen and oxygen atoms in total. The van der Waals surface area contributed by atoms with Crippen LogP contribution in [0.3, 0.4) is 0 Å². The van der Waals surface area contributed by atoms with Gasteiger partial charge in [-0.2, -0.15) is 12.1 Å². The molecule has 0 saturated carbocycles. The number of hydrogen-bond acceptors (Lipinski definition) is 1. The molecule has 0 saturated heterocycles. The van der Waals surface area contributed by atoms with Crippen LogP contribution in [0.1, 0.15) is 12.5 Å². The molecule has 106 valence electrons. The van der Waals surface area contributed by atoms with Crippen molar-refractivity contribution in [3.05, 3.63) is 78.2 Å². The summed E-state index contributed by atoms with van der Waals surface area (Å²) in [6.45, 7) is 6.00. The summed E-state index contributed by atoms with van der Waals surface area (Å²) >= 11 is 1.65. The van der Waals surface area contributed by atoms with Gasteiger partial charge in [-0.25, -0.2) is 0 Å². The molecule has 0 radical (unpaired) electrons. The Balaban J connectivity index is 0.00000121. The first kappa shape index (κ1) is 18.8. The molecule has 0 aliphatic carbocycles. The second-order valence-corrected chi connectivity index (χ2v) is 5.73. The van der Waals surface area contributed by atoms with Crippen LogP contribution in [0.4, 0.5) is 0 Å². The van der Waals surface area contributed by atoms with Gasteiger partial charge in [-0.15, -0.1) is 10.3 Å². The molecular weight excluding hydrogens is 361 g/mol. The van der Waals surface area contributed by atoms with Gasteiger partial charge >= 0.3 is 19.5 Å². The zero-order valence-electron chi connectivity index (χ0n) is 12.5. The van der Waals surface area contributed by atoms with Crippen LogP contribution in [-0.2, 0) is 19.5 Å². The Labute approximate surface area is 155 Å². The minimum atomic E-state index is 0. The van der Waals surface area contributed by atoms with Crippen molar-refractivity contribution in [3.63, 3.8) is 0 Å². The van der Waals surface area contributed by atoms with E-state index in [1.165, 1.54) is 27.1 Å². The van der Waals surface area contributed by atoms with Crippen molar-refractivity contribution in [2.45, 2.75) is 6.92 Å². The SMILES string of the molecule is C=C(C)c1ccc(-c2ccc(-c3cc[c-]s3)cc2)cc1.[Cl-].[Zn+2]. The number of hydrogen-bond donors (Lipinski definition) is 0. The fourth-order valence-electron chi connectivity index (χ4n) is 2.17. The molecule has 2 aromatic carbocycles. The summed E-state index contributed by atoms with van der Waals surface area (Å²) in [5.74, 6) is 0. The molecule has 0 atom stereocenters. The summed E-state index contributed by atoms with van der Waals surface area (Å²) in [6, 6.07) is 21.3. The molecule has 1 aromatic heterocycles. The number of halogens is 1. The van der Waals surface area contributed by atoms with Gasteiger partial charge in [0.2, 0.25) is 0 Å². The second kappa shape index (κ2) is 8.43. The Hall–Kier alpha value is -1.21. The van der Waals surface area contributed by atoms with Crippen molar-refractivity contribution < 1.29 is 31.9 Å². The largest absolute Gasteiger partial charge is 2.00 e. The molecular formula is C19H15ClSZn. The van der Waals surface area contributed by atoms with Crippen LogP contribution in [0, 0.1) is 5.38 Å². The molecule has 0 fully saturated rings. The molecule has 0 bridgehead atoms. The van der Waals surface area contributed by atoms with Crippen molar-refractivity contribution in [1.82, 2.24) is 0 Å². The van der Waals surface area contributed by atoms with E-state index in [2.05, 4.69) is 66.6 Å². The quantitative estimate of drug-likeness (QED) is 0.487. The van der Waals surface area contributed by atoms with Crippen molar-refractivity contribution in [3.8, 4) is 21.6 Å². The van der Waals surface area contributed by atoms with E-state index < -0.39 is 0 Å². The predicted octanol–water partition coefficient (Wildman–Crippen LogP) is 2.92. The van der Waals surface area contributed by atoms with Crippen molar-refractivity contribution in [1.29, 1.82) is 0 Å². The molecule has 0 aliphatic rings. The summed E-state index contributed by atoms with van der Waals surface area (Å²) in [5.41, 5.74) is 6.01. The van der Waals surface area contributed by atoms with Gasteiger partial charge in [0.05, 0.1) is 0 Å². The molecule has 3 heteroatoms. The molecule has 0 N–H and O–H groups in total. The van der Waals surface area contributed by atoms with Crippen LogP contribution in [0.25, 0.3) is 27.1 Å². The van der Waals surface area contributed by atoms with Gasteiger partial charge in [0.1, 0.15) is 0 Å². The Morgan fingerprint density at radius 3 is 1.82 bits per heavy atom. The van der Waals surface area contributed by atoms with Crippen LogP contribution >= 0.6 is 11.3 Å². The van der Waals surface area contributed by atoms with E-state index in [1.54, 1.807) is 11.3 Å². The van der Waals surface area contributed by atoms with E-state index in [1.807, 2.05) is 13.0 Å². The number of thiophene rings is 1. The van der Waals surface area contributed by atoms with Gasteiger partial charge in [-0.3, -0.25) is 11.3 Å². The zero-order valence-corrected chi connectivity index (χ0v) is 17.0. The molecule has 22 heavy (non-hydrogen) atoms. The van der Waals surface area contributed by atoms with E-state index in [9.17, 15) is 0 Å². The van der Waals surface area contributed by atoms with Crippen molar-refractivity contribution in [2.24, 2.45) is 0 Å². The molecule has 1 heterocycles. The van der Waals surface area contributed by atoms with Gasteiger partial charge in [0.15, 0.2) is 0 Å². The second-order valence-electron chi connectivity index (χ2n) is 4.85. The average molecular weight is 376 g/mol. The smallest absolute Gasteiger partial charge is 1.00 e. The summed E-state index contributed by atoms with van der Waals surface area (Å²) in [6.07, 6.45) is 0. The molecule has 0 amide bonds. The van der Waals surface area contributed by atoms with E-state index >= 15 is 0 Å². The fourth-order valence-corrected chi connectivity index (χ4v) is 2.82. The normalized spacial score (nSPS) is 9.50. The molecule has 3 aromatic rings. The van der Waals surface area contributed by atoms with E-state index in [-0.39, 0.29) is 31.9 Å². The average Bonchev–Trinajstić information content (AvgIpc) is 3.02. The van der Waals surface area contributed by atoms with Crippen LogP contribution < -0.4 is 12.4 Å². The third kappa shape index (κ3) is 4.17. The molecule has 3 rings (SSSR count). The number of allylic oxidation sites excluding steroid dienone is 1. The van der Waals surface area contributed by atoms with E-state index in [4.69, 9.17) is 0 Å². The minimum absolute atomic E-state index is 0. The van der Waals surface area contributed by atoms with Crippen LogP contribution in [0.15, 0.2) is 67.2 Å². The molecule has 0 unspecified atom stereocenters. The summed E-state index contributed by atoms with van der Waals surface area (Å²) in [5, 5.41) is 3.12. The summed E-state index contributed by atoms with van der Waals surface area (Å²) in [7, 11) is 0. The Kier molecular flexibility index (Phi) is 7.22. The Morgan fingerprint density at radius 2 is 1.36 bits per heavy atom. The maximum absolute atomic E-state index is 3.97. The standard InChI is InChI=1S/C19H15S.ClH.Zn/c1-14(2)15-5-7-16(8-6-15)17-9-11-18(12-10-17)19-4-3-13-20-19;;/h3-12H,1H2,2H3;1H;/q-1;;+2/p-1. The van der Waals surface area contributed by atoms with E-state index in [0.29, 0.717) is 0 Å². The van der Waals surface area contributed by atoms with E-state index in [0.717, 1.165) is 5.57 Å². The van der Waals surface area contributed by atoms with Gasteiger partial charge in [-0.05, 0) is 23.6 Å². The van der Waals surface area contributed by atoms with Gasteiger partial charge in [0.25, 0.3) is 0 Å². The van der Waals surface area contributed by atoms with Crippen LogP contribution in [-0.4, -0.2) is 0 Å². The molecule has 0 spiro atoms. The number of benzene rings is 2. The van der Waals surface area contributed by atoms with Crippen LogP contribution in [0.2, 0.25) is 0 Å². The summed E-state index contributed by atoms with van der Waals surface area (Å²) < 4.78 is 0. The Bertz CT molecular complexity index is 713. The maximum atomic E-state index is 3.97. The Morgan fingerprint density at radius 1 is 0.864 bits per heavy atom. The van der Waals surface area contributed by atoms with Crippen molar-refractivity contribution >= 4 is 16.9 Å². The summed E-state index contributed by atoms with van der Waals surface area (Å²) in [4.78, 5) is 1.26. The van der Waals surface area contributed by atoms with Crippen LogP contribution in [0.5, 0.6) is 0 Å². The predicted molar refractivity (Wildman–Crippen MR) is 88.7 cm³/mol.